The van der Waals surface area contributed by atoms with Crippen molar-refractivity contribution in [3.63, 3.8) is 0 Å². The molecule has 0 radical (unpaired) electrons. The van der Waals surface area contributed by atoms with E-state index in [1.165, 1.54) is 31.3 Å². The summed E-state index contributed by atoms with van der Waals surface area (Å²) in [7, 11) is 3.03. The van der Waals surface area contributed by atoms with Gasteiger partial charge in [0.2, 0.25) is 12.3 Å². The molecule has 0 aromatic heterocycles. The molecule has 2 fully saturated rings. The molecule has 0 aromatic rings. The number of nitrogens with one attached hydrogen (secondary N) is 1. The van der Waals surface area contributed by atoms with Gasteiger partial charge in [0.05, 0.1) is 12.2 Å². The van der Waals surface area contributed by atoms with Crippen molar-refractivity contribution >= 4 is 18.3 Å². The molecule has 2 amide bonds. The molecule has 2 rings (SSSR count). The average Bonchev–Trinajstić information content (AvgIpc) is 3.55. The van der Waals surface area contributed by atoms with Crippen LogP contribution in [0.4, 0.5) is 0 Å². The third-order valence-corrected chi connectivity index (χ3v) is 4.23. The highest BCUT2D eigenvalue weighted by molar-refractivity contribution is 5.87. The van der Waals surface area contributed by atoms with Gasteiger partial charge in [0.1, 0.15) is 6.61 Å². The summed E-state index contributed by atoms with van der Waals surface area (Å²) in [6, 6.07) is 0. The fourth-order valence-electron chi connectivity index (χ4n) is 2.26. The normalized spacial score (nSPS) is 19.3. The first kappa shape index (κ1) is 19.4. The van der Waals surface area contributed by atoms with Gasteiger partial charge in [0.15, 0.2) is 5.60 Å². The van der Waals surface area contributed by atoms with Crippen molar-refractivity contribution in [1.82, 2.24) is 10.2 Å². The van der Waals surface area contributed by atoms with Crippen LogP contribution in [0.15, 0.2) is 12.3 Å². The molecule has 1 N–H and O–H groups in total. The Morgan fingerprint density at radius 1 is 1.36 bits per heavy atom. The predicted molar refractivity (Wildman–Crippen MR) is 88.4 cm³/mol. The third kappa shape index (κ3) is 6.13. The summed E-state index contributed by atoms with van der Waals surface area (Å²) in [4.78, 5) is 35.7. The number of ether oxygens (including phenoxy) is 3. The number of esters is 1. The maximum atomic E-state index is 12.2. The number of carbonyl (C=O) groups is 3. The van der Waals surface area contributed by atoms with Crippen molar-refractivity contribution in [2.45, 2.75) is 49.9 Å². The Labute approximate surface area is 147 Å². The minimum Gasteiger partial charge on any atom is -0.461 e. The maximum absolute atomic E-state index is 12.2. The van der Waals surface area contributed by atoms with E-state index >= 15 is 0 Å². The van der Waals surface area contributed by atoms with Crippen molar-refractivity contribution < 1.29 is 28.6 Å². The lowest BCUT2D eigenvalue weighted by Crippen LogP contribution is -2.33. The van der Waals surface area contributed by atoms with Gasteiger partial charge in [-0.3, -0.25) is 9.59 Å². The number of hydrogen-bond donors (Lipinski definition) is 1. The van der Waals surface area contributed by atoms with E-state index in [4.69, 9.17) is 14.2 Å². The van der Waals surface area contributed by atoms with Crippen LogP contribution < -0.4 is 5.32 Å². The second-order valence-electron chi connectivity index (χ2n) is 6.33. The van der Waals surface area contributed by atoms with E-state index in [9.17, 15) is 14.4 Å². The Kier molecular flexibility index (Phi) is 6.95. The van der Waals surface area contributed by atoms with Crippen LogP contribution in [-0.4, -0.2) is 68.3 Å². The van der Waals surface area contributed by atoms with Crippen LogP contribution in [0.5, 0.6) is 0 Å². The number of rotatable bonds is 12. The van der Waals surface area contributed by atoms with Gasteiger partial charge in [0.25, 0.3) is 0 Å². The molecular formula is C17H26N2O6. The van der Waals surface area contributed by atoms with Crippen LogP contribution in [-0.2, 0) is 28.6 Å². The summed E-state index contributed by atoms with van der Waals surface area (Å²) in [6.07, 6.45) is 7.08. The van der Waals surface area contributed by atoms with E-state index in [2.05, 4.69) is 5.32 Å². The van der Waals surface area contributed by atoms with Gasteiger partial charge >= 0.3 is 5.97 Å². The van der Waals surface area contributed by atoms with Gasteiger partial charge in [-0.25, -0.2) is 4.79 Å². The zero-order valence-electron chi connectivity index (χ0n) is 14.7. The first-order valence-corrected chi connectivity index (χ1v) is 8.52. The molecule has 8 heteroatoms. The molecule has 0 aromatic carbocycles. The standard InChI is InChI=1S/C17H26N2O6/c1-18-15(21)6-10-19(12-20)9-5-14(23-2)11-24-16(22)17(7-8-17)25-13-3-4-13/h6,10,12-14H,3-5,7-9,11H2,1-2H3,(H,18,21)/b10-6-. The van der Waals surface area contributed by atoms with E-state index in [0.717, 1.165) is 12.8 Å². The minimum absolute atomic E-state index is 0.108. The minimum atomic E-state index is -0.732. The van der Waals surface area contributed by atoms with Crippen molar-refractivity contribution in [3.05, 3.63) is 12.3 Å². The van der Waals surface area contributed by atoms with Gasteiger partial charge in [0, 0.05) is 33.0 Å². The molecule has 140 valence electrons. The lowest BCUT2D eigenvalue weighted by atomic mass is 10.2. The molecule has 1 unspecified atom stereocenters. The Morgan fingerprint density at radius 3 is 2.60 bits per heavy atom. The fraction of sp³-hybridized carbons (Fsp3) is 0.706. The first-order valence-electron chi connectivity index (χ1n) is 8.52. The Morgan fingerprint density at radius 2 is 2.08 bits per heavy atom. The zero-order valence-corrected chi connectivity index (χ0v) is 14.7. The second-order valence-corrected chi connectivity index (χ2v) is 6.33. The van der Waals surface area contributed by atoms with Gasteiger partial charge in [-0.1, -0.05) is 0 Å². The van der Waals surface area contributed by atoms with Crippen LogP contribution in [0.2, 0.25) is 0 Å². The van der Waals surface area contributed by atoms with Gasteiger partial charge < -0.3 is 24.4 Å². The number of hydrogen-bond acceptors (Lipinski definition) is 6. The maximum Gasteiger partial charge on any atom is 0.338 e. The Balaban J connectivity index is 1.72. The molecule has 0 aliphatic heterocycles. The summed E-state index contributed by atoms with van der Waals surface area (Å²) >= 11 is 0. The number of methoxy groups -OCH3 is 1. The summed E-state index contributed by atoms with van der Waals surface area (Å²) in [5.74, 6) is -0.623. The highest BCUT2D eigenvalue weighted by Crippen LogP contribution is 2.45. The van der Waals surface area contributed by atoms with Crippen LogP contribution in [0, 0.1) is 0 Å². The van der Waals surface area contributed by atoms with E-state index < -0.39 is 5.60 Å². The zero-order chi connectivity index (χ0) is 18.3. The topological polar surface area (TPSA) is 94.2 Å². The van der Waals surface area contributed by atoms with E-state index in [1.807, 2.05) is 0 Å². The monoisotopic (exact) mass is 354 g/mol. The molecule has 0 heterocycles. The highest BCUT2D eigenvalue weighted by Gasteiger charge is 2.55. The molecule has 0 bridgehead atoms. The van der Waals surface area contributed by atoms with Crippen molar-refractivity contribution in [3.8, 4) is 0 Å². The third-order valence-electron chi connectivity index (χ3n) is 4.23. The first-order chi connectivity index (χ1) is 12.0. The molecular weight excluding hydrogens is 328 g/mol. The van der Waals surface area contributed by atoms with Crippen molar-refractivity contribution in [2.24, 2.45) is 0 Å². The summed E-state index contributed by atoms with van der Waals surface area (Å²) in [5.41, 5.74) is -0.732. The van der Waals surface area contributed by atoms with E-state index in [-0.39, 0.29) is 30.7 Å². The quantitative estimate of drug-likeness (QED) is 0.309. The van der Waals surface area contributed by atoms with Gasteiger partial charge in [-0.05, 0) is 32.1 Å². The summed E-state index contributed by atoms with van der Waals surface area (Å²) < 4.78 is 16.4. The fourth-order valence-corrected chi connectivity index (χ4v) is 2.26. The predicted octanol–water partition coefficient (Wildman–Crippen LogP) is 0.364. The number of amides is 2. The van der Waals surface area contributed by atoms with Gasteiger partial charge in [-0.2, -0.15) is 0 Å². The van der Waals surface area contributed by atoms with E-state index in [0.29, 0.717) is 32.2 Å². The summed E-state index contributed by atoms with van der Waals surface area (Å²) in [6.45, 7) is 0.452. The molecule has 0 saturated heterocycles. The summed E-state index contributed by atoms with van der Waals surface area (Å²) in [5, 5.41) is 2.43. The van der Waals surface area contributed by atoms with Gasteiger partial charge in [-0.15, -0.1) is 0 Å². The molecule has 8 nitrogen and oxygen atoms in total. The van der Waals surface area contributed by atoms with Crippen molar-refractivity contribution in [1.29, 1.82) is 0 Å². The Hall–Kier alpha value is -1.93. The highest BCUT2D eigenvalue weighted by atomic mass is 16.6. The molecule has 25 heavy (non-hydrogen) atoms. The largest absolute Gasteiger partial charge is 0.461 e. The number of likely N-dealkylation sites (N-methyl/N-ethyl adjacent to an activating group) is 1. The number of nitrogens with zero attached hydrogens (tertiary/aromatic N) is 1. The van der Waals surface area contributed by atoms with Crippen LogP contribution in [0.3, 0.4) is 0 Å². The average molecular weight is 354 g/mol. The molecule has 2 saturated carbocycles. The van der Waals surface area contributed by atoms with Crippen molar-refractivity contribution in [2.75, 3.05) is 27.3 Å². The van der Waals surface area contributed by atoms with Crippen LogP contribution in [0.25, 0.3) is 0 Å². The number of carbonyl (C=O) groups excluding carboxylic acids is 3. The smallest absolute Gasteiger partial charge is 0.338 e. The van der Waals surface area contributed by atoms with E-state index in [1.54, 1.807) is 0 Å². The Bertz CT molecular complexity index is 513. The SMILES string of the molecule is CNC(=O)/C=C\N(C=O)CCC(COC(=O)C1(OC2CC2)CC1)OC. The molecule has 2 aliphatic carbocycles. The van der Waals surface area contributed by atoms with Crippen LogP contribution >= 0.6 is 0 Å². The van der Waals surface area contributed by atoms with Crippen LogP contribution in [0.1, 0.15) is 32.1 Å². The lowest BCUT2D eigenvalue weighted by Gasteiger charge is -2.20. The second kappa shape index (κ2) is 8.96. The molecule has 1 atom stereocenters. The molecule has 2 aliphatic rings. The lowest BCUT2D eigenvalue weighted by molar-refractivity contribution is -0.165. The molecule has 0 spiro atoms.